The van der Waals surface area contributed by atoms with Gasteiger partial charge >= 0.3 is 11.9 Å². The summed E-state index contributed by atoms with van der Waals surface area (Å²) in [5, 5.41) is 0. The minimum atomic E-state index is -0.669. The standard InChI is InChI=1S/C8H11IO4/c1-5(4-9)7(10)13-6-2-3-12-8(6)11/h5-6H,2-4H2,1H3. The minimum absolute atomic E-state index is 0.158. The molecule has 0 N–H and O–H groups in total. The van der Waals surface area contributed by atoms with Gasteiger partial charge in [-0.1, -0.05) is 29.5 Å². The molecular formula is C8H11IO4. The summed E-state index contributed by atoms with van der Waals surface area (Å²) in [5.41, 5.74) is 0. The number of hydrogen-bond donors (Lipinski definition) is 0. The van der Waals surface area contributed by atoms with Crippen LogP contribution in [0.2, 0.25) is 0 Å². The van der Waals surface area contributed by atoms with Crippen molar-refractivity contribution in [2.24, 2.45) is 5.92 Å². The third kappa shape index (κ3) is 2.82. The molecule has 1 aliphatic heterocycles. The number of alkyl halides is 1. The molecule has 0 aliphatic carbocycles. The number of rotatable bonds is 3. The highest BCUT2D eigenvalue weighted by molar-refractivity contribution is 14.1. The average molecular weight is 298 g/mol. The normalized spacial score (nSPS) is 23.8. The second-order valence-corrected chi connectivity index (χ2v) is 3.82. The van der Waals surface area contributed by atoms with Crippen LogP contribution in [0.5, 0.6) is 0 Å². The van der Waals surface area contributed by atoms with Crippen LogP contribution >= 0.6 is 22.6 Å². The van der Waals surface area contributed by atoms with Crippen molar-refractivity contribution in [3.05, 3.63) is 0 Å². The lowest BCUT2D eigenvalue weighted by Gasteiger charge is -2.11. The van der Waals surface area contributed by atoms with E-state index in [4.69, 9.17) is 4.74 Å². The van der Waals surface area contributed by atoms with Crippen molar-refractivity contribution in [3.63, 3.8) is 0 Å². The van der Waals surface area contributed by atoms with E-state index in [0.29, 0.717) is 17.5 Å². The summed E-state index contributed by atoms with van der Waals surface area (Å²) in [6.45, 7) is 2.13. The van der Waals surface area contributed by atoms with Gasteiger partial charge in [-0.3, -0.25) is 4.79 Å². The fourth-order valence-corrected chi connectivity index (χ4v) is 1.26. The summed E-state index contributed by atoms with van der Waals surface area (Å²) in [6.07, 6.45) is -0.184. The summed E-state index contributed by atoms with van der Waals surface area (Å²) in [6, 6.07) is 0. The molecule has 0 spiro atoms. The molecule has 0 bridgehead atoms. The Kier molecular flexibility index (Phi) is 3.95. The first-order valence-corrected chi connectivity index (χ1v) is 5.60. The van der Waals surface area contributed by atoms with Gasteiger partial charge in [-0.05, 0) is 0 Å². The number of cyclic esters (lactones) is 1. The van der Waals surface area contributed by atoms with Crippen LogP contribution in [-0.2, 0) is 19.1 Å². The first kappa shape index (κ1) is 10.7. The third-order valence-electron chi connectivity index (χ3n) is 1.78. The van der Waals surface area contributed by atoms with E-state index in [1.807, 2.05) is 0 Å². The van der Waals surface area contributed by atoms with Crippen molar-refractivity contribution in [2.75, 3.05) is 11.0 Å². The SMILES string of the molecule is CC(CI)C(=O)OC1CCOC1=O. The summed E-state index contributed by atoms with van der Waals surface area (Å²) in [4.78, 5) is 22.2. The molecule has 2 atom stereocenters. The van der Waals surface area contributed by atoms with Gasteiger partial charge in [0.15, 0.2) is 0 Å². The fourth-order valence-electron chi connectivity index (χ4n) is 0.904. The summed E-state index contributed by atoms with van der Waals surface area (Å²) >= 11 is 2.10. The van der Waals surface area contributed by atoms with E-state index in [-0.39, 0.29) is 11.9 Å². The van der Waals surface area contributed by atoms with Crippen LogP contribution in [0.25, 0.3) is 0 Å². The fraction of sp³-hybridized carbons (Fsp3) is 0.750. The maximum Gasteiger partial charge on any atom is 0.347 e. The predicted octanol–water partition coefficient (Wildman–Crippen LogP) is 0.916. The lowest BCUT2D eigenvalue weighted by atomic mass is 10.2. The molecule has 1 rings (SSSR count). The van der Waals surface area contributed by atoms with Crippen LogP contribution in [0.1, 0.15) is 13.3 Å². The number of esters is 2. The second kappa shape index (κ2) is 4.78. The number of carbonyl (C=O) groups is 2. The molecule has 0 aromatic carbocycles. The number of hydrogen-bond acceptors (Lipinski definition) is 4. The third-order valence-corrected chi connectivity index (χ3v) is 3.10. The largest absolute Gasteiger partial charge is 0.463 e. The molecule has 74 valence electrons. The number of ether oxygens (including phenoxy) is 2. The van der Waals surface area contributed by atoms with Crippen molar-refractivity contribution in [1.29, 1.82) is 0 Å². The monoisotopic (exact) mass is 298 g/mol. The van der Waals surface area contributed by atoms with Crippen LogP contribution in [-0.4, -0.2) is 29.1 Å². The Hall–Kier alpha value is -0.330. The molecule has 0 radical (unpaired) electrons. The lowest BCUT2D eigenvalue weighted by molar-refractivity contribution is -0.162. The average Bonchev–Trinajstić information content (AvgIpc) is 2.50. The molecule has 5 heteroatoms. The van der Waals surface area contributed by atoms with E-state index < -0.39 is 12.1 Å². The Bertz CT molecular complexity index is 216. The molecule has 13 heavy (non-hydrogen) atoms. The molecule has 0 amide bonds. The lowest BCUT2D eigenvalue weighted by Crippen LogP contribution is -2.26. The van der Waals surface area contributed by atoms with Crippen LogP contribution in [0, 0.1) is 5.92 Å². The van der Waals surface area contributed by atoms with Gasteiger partial charge in [-0.25, -0.2) is 4.79 Å². The van der Waals surface area contributed by atoms with Crippen LogP contribution in [0.3, 0.4) is 0 Å². The van der Waals surface area contributed by atoms with Gasteiger partial charge in [-0.2, -0.15) is 0 Å². The zero-order chi connectivity index (χ0) is 9.84. The van der Waals surface area contributed by atoms with Crippen LogP contribution < -0.4 is 0 Å². The topological polar surface area (TPSA) is 52.6 Å². The van der Waals surface area contributed by atoms with Gasteiger partial charge in [0.1, 0.15) is 0 Å². The summed E-state index contributed by atoms with van der Waals surface area (Å²) in [7, 11) is 0. The van der Waals surface area contributed by atoms with Gasteiger partial charge in [0, 0.05) is 10.8 Å². The van der Waals surface area contributed by atoms with Crippen molar-refractivity contribution in [3.8, 4) is 0 Å². The maximum atomic E-state index is 11.2. The molecule has 4 nitrogen and oxygen atoms in total. The van der Waals surface area contributed by atoms with Gasteiger partial charge < -0.3 is 9.47 Å². The van der Waals surface area contributed by atoms with E-state index in [2.05, 4.69) is 27.3 Å². The highest BCUT2D eigenvalue weighted by atomic mass is 127. The first-order chi connectivity index (χ1) is 6.15. The molecule has 1 fully saturated rings. The quantitative estimate of drug-likeness (QED) is 0.441. The summed E-state index contributed by atoms with van der Waals surface area (Å²) < 4.78 is 10.3. The molecule has 0 aromatic heterocycles. The predicted molar refractivity (Wildman–Crippen MR) is 53.5 cm³/mol. The van der Waals surface area contributed by atoms with E-state index in [1.54, 1.807) is 6.92 Å². The highest BCUT2D eigenvalue weighted by Gasteiger charge is 2.31. The van der Waals surface area contributed by atoms with Crippen molar-refractivity contribution < 1.29 is 19.1 Å². The van der Waals surface area contributed by atoms with Crippen LogP contribution in [0.15, 0.2) is 0 Å². The summed E-state index contributed by atoms with van der Waals surface area (Å²) in [5.74, 6) is -0.902. The second-order valence-electron chi connectivity index (χ2n) is 2.94. The van der Waals surface area contributed by atoms with Gasteiger partial charge in [0.2, 0.25) is 6.10 Å². The smallest absolute Gasteiger partial charge is 0.347 e. The van der Waals surface area contributed by atoms with Gasteiger partial charge in [0.05, 0.1) is 12.5 Å². The van der Waals surface area contributed by atoms with E-state index >= 15 is 0 Å². The van der Waals surface area contributed by atoms with Gasteiger partial charge in [0.25, 0.3) is 0 Å². The Balaban J connectivity index is 2.39. The Labute approximate surface area is 90.1 Å². The number of halogens is 1. The Morgan fingerprint density at radius 1 is 1.85 bits per heavy atom. The van der Waals surface area contributed by atoms with Crippen LogP contribution in [0.4, 0.5) is 0 Å². The molecule has 1 aliphatic rings. The molecule has 0 saturated carbocycles. The number of carbonyl (C=O) groups excluding carboxylic acids is 2. The Morgan fingerprint density at radius 3 is 3.00 bits per heavy atom. The first-order valence-electron chi connectivity index (χ1n) is 4.08. The van der Waals surface area contributed by atoms with E-state index in [9.17, 15) is 9.59 Å². The molecule has 1 heterocycles. The van der Waals surface area contributed by atoms with E-state index in [0.717, 1.165) is 0 Å². The van der Waals surface area contributed by atoms with Crippen molar-refractivity contribution >= 4 is 34.5 Å². The molecule has 2 unspecified atom stereocenters. The zero-order valence-electron chi connectivity index (χ0n) is 7.29. The van der Waals surface area contributed by atoms with E-state index in [1.165, 1.54) is 0 Å². The maximum absolute atomic E-state index is 11.2. The van der Waals surface area contributed by atoms with Crippen molar-refractivity contribution in [1.82, 2.24) is 0 Å². The Morgan fingerprint density at radius 2 is 2.54 bits per heavy atom. The highest BCUT2D eigenvalue weighted by Crippen LogP contribution is 2.13. The molecular weight excluding hydrogens is 287 g/mol. The molecule has 0 aromatic rings. The minimum Gasteiger partial charge on any atom is -0.463 e. The zero-order valence-corrected chi connectivity index (χ0v) is 9.44. The van der Waals surface area contributed by atoms with Crippen molar-refractivity contribution in [2.45, 2.75) is 19.4 Å². The van der Waals surface area contributed by atoms with Gasteiger partial charge in [-0.15, -0.1) is 0 Å². The molecule has 1 saturated heterocycles.